The topological polar surface area (TPSA) is 46.5 Å². The minimum absolute atomic E-state index is 0.0510. The lowest BCUT2D eigenvalue weighted by molar-refractivity contribution is -0.217. The average molecular weight is 315 g/mol. The van der Waals surface area contributed by atoms with Crippen LogP contribution in [0.4, 0.5) is 13.2 Å². The largest absolute Gasteiger partial charge is 0.481 e. The predicted molar refractivity (Wildman–Crippen MR) is 61.8 cm³/mol. The summed E-state index contributed by atoms with van der Waals surface area (Å²) < 4.78 is 43.1. The molecule has 0 aliphatic carbocycles. The normalized spacial score (nSPS) is 22.6. The Labute approximate surface area is 115 Å². The van der Waals surface area contributed by atoms with Crippen molar-refractivity contribution >= 4 is 29.2 Å². The molecule has 1 aliphatic rings. The molecule has 0 saturated carbocycles. The van der Waals surface area contributed by atoms with E-state index < -0.39 is 24.2 Å². The van der Waals surface area contributed by atoms with Crippen LogP contribution in [0.1, 0.15) is 5.56 Å². The van der Waals surface area contributed by atoms with E-state index in [4.69, 9.17) is 33.0 Å². The minimum atomic E-state index is -4.77. The van der Waals surface area contributed by atoms with E-state index in [1.165, 1.54) is 6.07 Å². The van der Waals surface area contributed by atoms with E-state index in [0.29, 0.717) is 5.56 Å². The summed E-state index contributed by atoms with van der Waals surface area (Å²) in [5.74, 6) is -3.36. The Morgan fingerprint density at radius 1 is 1.32 bits per heavy atom. The van der Waals surface area contributed by atoms with Crippen LogP contribution in [-0.4, -0.2) is 23.4 Å². The van der Waals surface area contributed by atoms with Crippen LogP contribution < -0.4 is 4.74 Å². The first-order chi connectivity index (χ1) is 8.70. The first-order valence-corrected chi connectivity index (χ1v) is 5.90. The Bertz CT molecular complexity index is 531. The van der Waals surface area contributed by atoms with Crippen molar-refractivity contribution in [3.8, 4) is 5.75 Å². The van der Waals surface area contributed by atoms with Crippen molar-refractivity contribution in [3.63, 3.8) is 0 Å². The zero-order chi connectivity index (χ0) is 14.4. The second-order valence-corrected chi connectivity index (χ2v) is 4.92. The summed E-state index contributed by atoms with van der Waals surface area (Å²) >= 11 is 11.4. The highest BCUT2D eigenvalue weighted by molar-refractivity contribution is 6.42. The van der Waals surface area contributed by atoms with Crippen LogP contribution in [0.2, 0.25) is 10.0 Å². The Kier molecular flexibility index (Phi) is 3.57. The summed E-state index contributed by atoms with van der Waals surface area (Å²) in [5.41, 5.74) is 0.294. The van der Waals surface area contributed by atoms with E-state index in [1.54, 1.807) is 0 Å². The fourth-order valence-electron chi connectivity index (χ4n) is 1.91. The summed E-state index contributed by atoms with van der Waals surface area (Å²) in [5, 5.41) is 9.07. The van der Waals surface area contributed by atoms with Crippen LogP contribution >= 0.6 is 23.2 Å². The molecule has 0 saturated heterocycles. The van der Waals surface area contributed by atoms with E-state index >= 15 is 0 Å². The van der Waals surface area contributed by atoms with Crippen molar-refractivity contribution in [2.24, 2.45) is 5.92 Å². The van der Waals surface area contributed by atoms with Crippen molar-refractivity contribution < 1.29 is 27.8 Å². The Balaban J connectivity index is 2.45. The van der Waals surface area contributed by atoms with Crippen molar-refractivity contribution in [3.05, 3.63) is 27.7 Å². The van der Waals surface area contributed by atoms with Gasteiger partial charge in [0.15, 0.2) is 0 Å². The van der Waals surface area contributed by atoms with E-state index in [9.17, 15) is 18.0 Å². The molecule has 1 N–H and O–H groups in total. The standard InChI is InChI=1S/C11H7Cl2F3O3/c12-6-2-4-1-5(10(17)18)9(11(14,15)16)19-8(4)3-7(6)13/h2-3,5,9H,1H2,(H,17,18)/t5-,9+/m1/s1. The monoisotopic (exact) mass is 314 g/mol. The zero-order valence-corrected chi connectivity index (χ0v) is 10.7. The maximum Gasteiger partial charge on any atom is 0.426 e. The molecule has 1 heterocycles. The molecule has 1 aromatic rings. The summed E-state index contributed by atoms with van der Waals surface area (Å²) in [6.07, 6.45) is -7.48. The molecule has 104 valence electrons. The summed E-state index contributed by atoms with van der Waals surface area (Å²) in [4.78, 5) is 10.9. The second-order valence-electron chi connectivity index (χ2n) is 4.10. The molecule has 0 aromatic heterocycles. The highest BCUT2D eigenvalue weighted by Gasteiger charge is 2.52. The first-order valence-electron chi connectivity index (χ1n) is 5.14. The number of carboxylic acids is 1. The fraction of sp³-hybridized carbons (Fsp3) is 0.364. The van der Waals surface area contributed by atoms with Crippen LogP contribution in [0.25, 0.3) is 0 Å². The van der Waals surface area contributed by atoms with Crippen LogP contribution in [0.15, 0.2) is 12.1 Å². The SMILES string of the molecule is O=C(O)[C@@H]1Cc2cc(Cl)c(Cl)cc2O[C@@H]1C(F)(F)F. The number of rotatable bonds is 1. The molecule has 0 spiro atoms. The Hall–Kier alpha value is -1.14. The number of carboxylic acid groups (broad SMARTS) is 1. The molecule has 3 nitrogen and oxygen atoms in total. The lowest BCUT2D eigenvalue weighted by Crippen LogP contribution is -2.47. The summed E-state index contributed by atoms with van der Waals surface area (Å²) in [6, 6.07) is 2.48. The Morgan fingerprint density at radius 2 is 1.89 bits per heavy atom. The van der Waals surface area contributed by atoms with Gasteiger partial charge < -0.3 is 9.84 Å². The number of aliphatic carboxylic acids is 1. The molecule has 8 heteroatoms. The quantitative estimate of drug-likeness (QED) is 0.862. The van der Waals surface area contributed by atoms with Crippen LogP contribution in [-0.2, 0) is 11.2 Å². The predicted octanol–water partition coefficient (Wildman–Crippen LogP) is 3.56. The van der Waals surface area contributed by atoms with E-state index in [-0.39, 0.29) is 22.2 Å². The number of benzene rings is 1. The number of carbonyl (C=O) groups is 1. The third-order valence-electron chi connectivity index (χ3n) is 2.80. The van der Waals surface area contributed by atoms with Gasteiger partial charge in [-0.3, -0.25) is 4.79 Å². The van der Waals surface area contributed by atoms with Gasteiger partial charge in [0.05, 0.1) is 10.0 Å². The summed E-state index contributed by atoms with van der Waals surface area (Å²) in [7, 11) is 0. The number of hydrogen-bond acceptors (Lipinski definition) is 2. The maximum absolute atomic E-state index is 12.8. The highest BCUT2D eigenvalue weighted by Crippen LogP contribution is 2.41. The van der Waals surface area contributed by atoms with E-state index in [0.717, 1.165) is 6.07 Å². The maximum atomic E-state index is 12.8. The third-order valence-corrected chi connectivity index (χ3v) is 3.52. The van der Waals surface area contributed by atoms with Crippen LogP contribution in [0.5, 0.6) is 5.75 Å². The first kappa shape index (κ1) is 14.3. The third kappa shape index (κ3) is 2.74. The molecule has 2 atom stereocenters. The minimum Gasteiger partial charge on any atom is -0.481 e. The van der Waals surface area contributed by atoms with Gasteiger partial charge in [0.25, 0.3) is 0 Å². The van der Waals surface area contributed by atoms with Crippen LogP contribution in [0.3, 0.4) is 0 Å². The second kappa shape index (κ2) is 4.76. The van der Waals surface area contributed by atoms with Gasteiger partial charge in [-0.2, -0.15) is 13.2 Å². The van der Waals surface area contributed by atoms with Gasteiger partial charge in [-0.25, -0.2) is 0 Å². The number of halogens is 5. The smallest absolute Gasteiger partial charge is 0.426 e. The molecule has 19 heavy (non-hydrogen) atoms. The van der Waals surface area contributed by atoms with Crippen molar-refractivity contribution in [1.82, 2.24) is 0 Å². The van der Waals surface area contributed by atoms with Gasteiger partial charge in [-0.1, -0.05) is 23.2 Å². The number of ether oxygens (including phenoxy) is 1. The van der Waals surface area contributed by atoms with Gasteiger partial charge in [0.1, 0.15) is 11.7 Å². The number of alkyl halides is 3. The highest BCUT2D eigenvalue weighted by atomic mass is 35.5. The zero-order valence-electron chi connectivity index (χ0n) is 9.17. The molecule has 0 amide bonds. The van der Waals surface area contributed by atoms with E-state index in [2.05, 4.69) is 0 Å². The van der Waals surface area contributed by atoms with Crippen LogP contribution in [0, 0.1) is 5.92 Å². The molecule has 1 aliphatic heterocycles. The van der Waals surface area contributed by atoms with E-state index in [1.807, 2.05) is 0 Å². The summed E-state index contributed by atoms with van der Waals surface area (Å²) in [6.45, 7) is 0. The van der Waals surface area contributed by atoms with Gasteiger partial charge in [-0.15, -0.1) is 0 Å². The lowest BCUT2D eigenvalue weighted by Gasteiger charge is -2.32. The fourth-order valence-corrected chi connectivity index (χ4v) is 2.25. The van der Waals surface area contributed by atoms with Gasteiger partial charge in [0, 0.05) is 6.07 Å². The van der Waals surface area contributed by atoms with Gasteiger partial charge >= 0.3 is 12.1 Å². The van der Waals surface area contributed by atoms with Crippen molar-refractivity contribution in [2.45, 2.75) is 18.7 Å². The average Bonchev–Trinajstić information content (AvgIpc) is 2.27. The van der Waals surface area contributed by atoms with Gasteiger partial charge in [-0.05, 0) is 18.1 Å². The Morgan fingerprint density at radius 3 is 2.42 bits per heavy atom. The molecular weight excluding hydrogens is 308 g/mol. The number of hydrogen-bond donors (Lipinski definition) is 1. The lowest BCUT2D eigenvalue weighted by atomic mass is 9.90. The molecule has 0 bridgehead atoms. The molecule has 0 unspecified atom stereocenters. The van der Waals surface area contributed by atoms with Gasteiger partial charge in [0.2, 0.25) is 6.10 Å². The molecular formula is C11H7Cl2F3O3. The number of fused-ring (bicyclic) bond motifs is 1. The molecule has 1 aromatic carbocycles. The van der Waals surface area contributed by atoms with Crippen molar-refractivity contribution in [2.75, 3.05) is 0 Å². The molecule has 0 fully saturated rings. The molecule has 0 radical (unpaired) electrons. The molecule has 2 rings (SSSR count). The van der Waals surface area contributed by atoms with Crippen molar-refractivity contribution in [1.29, 1.82) is 0 Å².